The van der Waals surface area contributed by atoms with E-state index in [4.69, 9.17) is 4.55 Å². The second-order valence-electron chi connectivity index (χ2n) is 3.70. The van der Waals surface area contributed by atoms with Gasteiger partial charge < -0.3 is 10.0 Å². The second kappa shape index (κ2) is 7.16. The van der Waals surface area contributed by atoms with Crippen molar-refractivity contribution in [1.82, 2.24) is 4.90 Å². The highest BCUT2D eigenvalue weighted by molar-refractivity contribution is 7.85. The number of aliphatic hydroxyl groups excluding tert-OH is 1. The van der Waals surface area contributed by atoms with E-state index in [0.29, 0.717) is 6.54 Å². The van der Waals surface area contributed by atoms with Gasteiger partial charge in [0.15, 0.2) is 0 Å². The van der Waals surface area contributed by atoms with Crippen LogP contribution in [0.1, 0.15) is 26.7 Å². The zero-order valence-electron chi connectivity index (χ0n) is 9.39. The summed E-state index contributed by atoms with van der Waals surface area (Å²) in [5.41, 5.74) is 0. The van der Waals surface area contributed by atoms with Crippen LogP contribution in [0.4, 0.5) is 0 Å². The molecule has 0 aliphatic rings. The van der Waals surface area contributed by atoms with Crippen LogP contribution >= 0.6 is 0 Å². The summed E-state index contributed by atoms with van der Waals surface area (Å²) in [6.07, 6.45) is 0.898. The fraction of sp³-hybridized carbons (Fsp3) is 1.00. The SMILES string of the molecule is CCCN(CCC)CC(O)CS(=O)(=O)O. The molecule has 0 spiro atoms. The van der Waals surface area contributed by atoms with Crippen LogP contribution in [-0.2, 0) is 10.1 Å². The van der Waals surface area contributed by atoms with E-state index in [1.54, 1.807) is 0 Å². The van der Waals surface area contributed by atoms with E-state index in [1.165, 1.54) is 0 Å². The summed E-state index contributed by atoms with van der Waals surface area (Å²) in [5, 5.41) is 9.43. The minimum absolute atomic E-state index is 0.293. The minimum Gasteiger partial charge on any atom is -0.391 e. The Bertz CT molecular complexity index is 247. The molecule has 0 aromatic carbocycles. The Kier molecular flexibility index (Phi) is 7.08. The van der Waals surface area contributed by atoms with Crippen LogP contribution in [0.15, 0.2) is 0 Å². The summed E-state index contributed by atoms with van der Waals surface area (Å²) in [6.45, 7) is 6.00. The Labute approximate surface area is 91.8 Å². The monoisotopic (exact) mass is 239 g/mol. The van der Waals surface area contributed by atoms with Crippen molar-refractivity contribution in [1.29, 1.82) is 0 Å². The maximum atomic E-state index is 10.5. The van der Waals surface area contributed by atoms with Crippen molar-refractivity contribution >= 4 is 10.1 Å². The van der Waals surface area contributed by atoms with Crippen LogP contribution in [-0.4, -0.2) is 54.5 Å². The maximum Gasteiger partial charge on any atom is 0.267 e. The van der Waals surface area contributed by atoms with Gasteiger partial charge in [0.25, 0.3) is 10.1 Å². The van der Waals surface area contributed by atoms with Gasteiger partial charge >= 0.3 is 0 Å². The first-order chi connectivity index (χ1) is 6.89. The zero-order chi connectivity index (χ0) is 11.9. The first-order valence-corrected chi connectivity index (χ1v) is 6.85. The van der Waals surface area contributed by atoms with Crippen molar-refractivity contribution in [3.05, 3.63) is 0 Å². The van der Waals surface area contributed by atoms with Gasteiger partial charge in [-0.2, -0.15) is 8.42 Å². The molecule has 0 rings (SSSR count). The Hall–Kier alpha value is -0.170. The topological polar surface area (TPSA) is 77.8 Å². The molecule has 0 radical (unpaired) electrons. The summed E-state index contributed by atoms with van der Waals surface area (Å²) in [5.74, 6) is -0.586. The largest absolute Gasteiger partial charge is 0.391 e. The van der Waals surface area contributed by atoms with Crippen molar-refractivity contribution in [3.8, 4) is 0 Å². The number of nitrogens with zero attached hydrogens (tertiary/aromatic N) is 1. The Morgan fingerprint density at radius 2 is 1.67 bits per heavy atom. The van der Waals surface area contributed by atoms with Gasteiger partial charge in [-0.1, -0.05) is 13.8 Å². The summed E-state index contributed by atoms with van der Waals surface area (Å²) >= 11 is 0. The lowest BCUT2D eigenvalue weighted by atomic mass is 10.3. The summed E-state index contributed by atoms with van der Waals surface area (Å²) in [4.78, 5) is 2.00. The second-order valence-corrected chi connectivity index (χ2v) is 5.20. The predicted molar refractivity (Wildman–Crippen MR) is 59.4 cm³/mol. The third kappa shape index (κ3) is 8.80. The molecule has 92 valence electrons. The number of hydrogen-bond donors (Lipinski definition) is 2. The molecule has 0 saturated carbocycles. The quantitative estimate of drug-likeness (QED) is 0.598. The Morgan fingerprint density at radius 3 is 2.00 bits per heavy atom. The molecule has 0 heterocycles. The lowest BCUT2D eigenvalue weighted by molar-refractivity contribution is 0.127. The molecule has 0 saturated heterocycles. The van der Waals surface area contributed by atoms with Gasteiger partial charge in [-0.05, 0) is 25.9 Å². The zero-order valence-corrected chi connectivity index (χ0v) is 10.2. The van der Waals surface area contributed by atoms with Gasteiger partial charge in [-0.15, -0.1) is 0 Å². The molecular formula is C9H21NO4S. The highest BCUT2D eigenvalue weighted by Gasteiger charge is 2.16. The normalized spacial score (nSPS) is 14.5. The lowest BCUT2D eigenvalue weighted by Crippen LogP contribution is -2.37. The molecule has 1 atom stereocenters. The molecule has 0 aromatic rings. The van der Waals surface area contributed by atoms with Crippen LogP contribution in [0.5, 0.6) is 0 Å². The van der Waals surface area contributed by atoms with Gasteiger partial charge in [0.05, 0.1) is 6.10 Å². The fourth-order valence-electron chi connectivity index (χ4n) is 1.52. The highest BCUT2D eigenvalue weighted by atomic mass is 32.2. The number of hydrogen-bond acceptors (Lipinski definition) is 4. The van der Waals surface area contributed by atoms with Crippen LogP contribution in [0, 0.1) is 0 Å². The summed E-state index contributed by atoms with van der Waals surface area (Å²) in [7, 11) is -4.08. The Morgan fingerprint density at radius 1 is 1.20 bits per heavy atom. The average Bonchev–Trinajstić information content (AvgIpc) is 2.00. The molecule has 0 aromatic heterocycles. The van der Waals surface area contributed by atoms with E-state index in [9.17, 15) is 13.5 Å². The van der Waals surface area contributed by atoms with E-state index in [0.717, 1.165) is 25.9 Å². The van der Waals surface area contributed by atoms with Crippen molar-refractivity contribution in [3.63, 3.8) is 0 Å². The van der Waals surface area contributed by atoms with E-state index in [1.807, 2.05) is 18.7 Å². The molecule has 0 aliphatic heterocycles. The average molecular weight is 239 g/mol. The van der Waals surface area contributed by atoms with Gasteiger partial charge in [0.1, 0.15) is 5.75 Å². The molecule has 0 aliphatic carbocycles. The smallest absolute Gasteiger partial charge is 0.267 e. The predicted octanol–water partition coefficient (Wildman–Crippen LogP) is 0.357. The summed E-state index contributed by atoms with van der Waals surface area (Å²) in [6, 6.07) is 0. The van der Waals surface area contributed by atoms with Crippen molar-refractivity contribution in [2.45, 2.75) is 32.8 Å². The van der Waals surface area contributed by atoms with Crippen molar-refractivity contribution in [2.24, 2.45) is 0 Å². The summed E-state index contributed by atoms with van der Waals surface area (Å²) < 4.78 is 29.6. The van der Waals surface area contributed by atoms with Gasteiger partial charge in [-0.3, -0.25) is 4.55 Å². The van der Waals surface area contributed by atoms with Crippen LogP contribution in [0.3, 0.4) is 0 Å². The standard InChI is InChI=1S/C9H21NO4S/c1-3-5-10(6-4-2)7-9(11)8-15(12,13)14/h9,11H,3-8H2,1-2H3,(H,12,13,14). The fourth-order valence-corrected chi connectivity index (χ4v) is 2.11. The van der Waals surface area contributed by atoms with E-state index < -0.39 is 22.0 Å². The molecule has 0 fully saturated rings. The van der Waals surface area contributed by atoms with Crippen LogP contribution in [0.25, 0.3) is 0 Å². The molecule has 2 N–H and O–H groups in total. The third-order valence-electron chi connectivity index (χ3n) is 1.95. The molecular weight excluding hydrogens is 218 g/mol. The molecule has 5 nitrogen and oxygen atoms in total. The molecule has 0 bridgehead atoms. The minimum atomic E-state index is -4.08. The van der Waals surface area contributed by atoms with Gasteiger partial charge in [0.2, 0.25) is 0 Å². The number of rotatable bonds is 8. The number of aliphatic hydroxyl groups is 1. The van der Waals surface area contributed by atoms with Gasteiger partial charge in [-0.25, -0.2) is 0 Å². The molecule has 1 unspecified atom stereocenters. The lowest BCUT2D eigenvalue weighted by Gasteiger charge is -2.23. The molecule has 6 heteroatoms. The highest BCUT2D eigenvalue weighted by Crippen LogP contribution is 1.99. The molecule has 0 amide bonds. The third-order valence-corrected chi connectivity index (χ3v) is 2.76. The van der Waals surface area contributed by atoms with E-state index in [2.05, 4.69) is 0 Å². The van der Waals surface area contributed by atoms with Crippen molar-refractivity contribution in [2.75, 3.05) is 25.4 Å². The first-order valence-electron chi connectivity index (χ1n) is 5.24. The maximum absolute atomic E-state index is 10.5. The van der Waals surface area contributed by atoms with Crippen LogP contribution in [0.2, 0.25) is 0 Å². The molecule has 15 heavy (non-hydrogen) atoms. The van der Waals surface area contributed by atoms with E-state index >= 15 is 0 Å². The van der Waals surface area contributed by atoms with Gasteiger partial charge in [0, 0.05) is 6.54 Å². The van der Waals surface area contributed by atoms with Crippen LogP contribution < -0.4 is 0 Å². The first kappa shape index (κ1) is 14.8. The Balaban J connectivity index is 4.04. The van der Waals surface area contributed by atoms with Crippen molar-refractivity contribution < 1.29 is 18.1 Å². The van der Waals surface area contributed by atoms with E-state index in [-0.39, 0.29) is 0 Å².